The van der Waals surface area contributed by atoms with E-state index in [2.05, 4.69) is 84.2 Å². The molecule has 2 radical (unpaired) electrons. The van der Waals surface area contributed by atoms with Gasteiger partial charge < -0.3 is 28.6 Å². The van der Waals surface area contributed by atoms with Crippen LogP contribution in [0.4, 0.5) is 5.69 Å². The molecular formula is C48H62N8O6SSi. The topological polar surface area (TPSA) is 135 Å². The smallest absolute Gasteiger partial charge is 0.324 e. The molecule has 3 unspecified atom stereocenters. The molecule has 340 valence electrons. The number of esters is 1. The number of benzene rings is 1. The fourth-order valence-corrected chi connectivity index (χ4v) is 14.3. The highest BCUT2D eigenvalue weighted by molar-refractivity contribution is 7.10. The average molecular weight is 907 g/mol. The minimum absolute atomic E-state index is 0.0963. The third kappa shape index (κ3) is 7.08. The molecule has 4 saturated heterocycles. The number of cyclic esters (lactones) is 1. The molecule has 14 nitrogen and oxygen atoms in total. The van der Waals surface area contributed by atoms with Crippen LogP contribution in [0.3, 0.4) is 0 Å². The standard InChI is InChI=1S/C48H62N8O6SSi/c1-9-55-36-13-12-29-19-31(36)33(40(55)32-20-30(23-49-39(32)28(2)60-8)54-17-15-53(7)16-18-54)21-46(3,4)25-62-44(58)34-11-10-14-56(51-34)45(59)48(22-37-50-35(29)24-63-37)38(41-43(48)64-41)42(57)47(52(5)6)26-61-27-47/h12-13,19-20,23-24,28,34,38,41,43,51H,9-11,14-18,21-22,25-27H2,1-8H3/t28-,34-,38?,41?,43?,48+/m0/s1. The van der Waals surface area contributed by atoms with Crippen molar-refractivity contribution in [1.82, 2.24) is 34.8 Å². The number of fused-ring (bicyclic) bond motifs is 8. The van der Waals surface area contributed by atoms with Gasteiger partial charge in [-0.25, -0.2) is 10.4 Å². The van der Waals surface area contributed by atoms with Crippen molar-refractivity contribution in [2.24, 2.45) is 16.7 Å². The van der Waals surface area contributed by atoms with Crippen molar-refractivity contribution >= 4 is 55.1 Å². The number of carbonyl (C=O) groups excluding carboxylic acids is 3. The van der Waals surface area contributed by atoms with Gasteiger partial charge in [-0.3, -0.25) is 29.3 Å². The summed E-state index contributed by atoms with van der Waals surface area (Å²) < 4.78 is 20.3. The van der Waals surface area contributed by atoms with Crippen molar-refractivity contribution in [1.29, 1.82) is 0 Å². The summed E-state index contributed by atoms with van der Waals surface area (Å²) in [5.41, 5.74) is 9.65. The number of nitrogens with zero attached hydrogens (tertiary/aromatic N) is 7. The number of rotatable bonds is 8. The Bertz CT molecular complexity index is 2490. The van der Waals surface area contributed by atoms with Crippen molar-refractivity contribution in [2.45, 2.75) is 88.7 Å². The second-order valence-electron chi connectivity index (χ2n) is 20.1. The van der Waals surface area contributed by atoms with Gasteiger partial charge in [-0.2, -0.15) is 0 Å². The van der Waals surface area contributed by atoms with E-state index in [1.54, 1.807) is 23.5 Å². The van der Waals surface area contributed by atoms with Crippen molar-refractivity contribution in [3.05, 3.63) is 52.1 Å². The lowest BCUT2D eigenvalue weighted by molar-refractivity contribution is -0.181. The molecule has 16 heteroatoms. The maximum absolute atomic E-state index is 15.2. The molecule has 10 rings (SSSR count). The van der Waals surface area contributed by atoms with Crippen LogP contribution in [0, 0.1) is 16.7 Å². The Labute approximate surface area is 382 Å². The minimum Gasteiger partial charge on any atom is -0.464 e. The zero-order chi connectivity index (χ0) is 44.9. The monoisotopic (exact) mass is 906 g/mol. The van der Waals surface area contributed by atoms with Crippen LogP contribution < -0.4 is 10.3 Å². The number of carbonyl (C=O) groups is 3. The summed E-state index contributed by atoms with van der Waals surface area (Å²) in [5.74, 6) is -0.827. The number of nitrogens with one attached hydrogen (secondary N) is 1. The number of amides is 1. The van der Waals surface area contributed by atoms with E-state index < -0.39 is 28.3 Å². The molecule has 1 aromatic carbocycles. The van der Waals surface area contributed by atoms with Crippen molar-refractivity contribution in [3.8, 4) is 22.5 Å². The zero-order valence-corrected chi connectivity index (χ0v) is 40.3. The van der Waals surface area contributed by atoms with Gasteiger partial charge in [0.15, 0.2) is 5.78 Å². The molecule has 5 fully saturated rings. The predicted molar refractivity (Wildman–Crippen MR) is 249 cm³/mol. The Morgan fingerprint density at radius 2 is 1.88 bits per heavy atom. The van der Waals surface area contributed by atoms with E-state index in [-0.39, 0.29) is 41.5 Å². The third-order valence-electron chi connectivity index (χ3n) is 15.3. The molecule has 1 spiro atoms. The second kappa shape index (κ2) is 16.4. The molecule has 5 aliphatic heterocycles. The summed E-state index contributed by atoms with van der Waals surface area (Å²) in [5, 5.41) is 5.72. The molecule has 8 heterocycles. The highest BCUT2D eigenvalue weighted by Gasteiger charge is 2.79. The number of aromatic nitrogens is 3. The van der Waals surface area contributed by atoms with E-state index in [0.717, 1.165) is 88.1 Å². The predicted octanol–water partition coefficient (Wildman–Crippen LogP) is 5.28. The summed E-state index contributed by atoms with van der Waals surface area (Å²) in [6.07, 6.45) is 3.93. The molecule has 6 atom stereocenters. The SMILES string of the molecule is CCn1c(-c2cc(N3CCN(C)CC3)cnc2[C@H](C)OC)c2c3cc(ccc31)-c1csc(n1)C[C@]1(C(=O)N3CCC[C@H](N3)C(=O)OCC(C)(C)C2)C2[Si]C2C1C(=O)C1(N(C)C)COC1. The average Bonchev–Trinajstić information content (AvgIpc) is 3.66. The summed E-state index contributed by atoms with van der Waals surface area (Å²) in [4.78, 5) is 61.4. The first-order chi connectivity index (χ1) is 30.7. The molecule has 6 aliphatic rings. The number of hydrogen-bond donors (Lipinski definition) is 1. The van der Waals surface area contributed by atoms with E-state index in [0.29, 0.717) is 55.0 Å². The van der Waals surface area contributed by atoms with E-state index in [9.17, 15) is 9.59 Å². The Balaban J connectivity index is 1.12. The Kier molecular flexibility index (Phi) is 11.2. The maximum Gasteiger partial charge on any atom is 0.324 e. The fraction of sp³-hybridized carbons (Fsp3) is 0.604. The van der Waals surface area contributed by atoms with E-state index >= 15 is 4.79 Å². The number of thiazole rings is 1. The number of ketones is 1. The lowest BCUT2D eigenvalue weighted by atomic mass is 9.53. The molecule has 4 aromatic rings. The number of likely N-dealkylation sites (N-methyl/N-ethyl adjacent to an activating group) is 2. The van der Waals surface area contributed by atoms with E-state index in [1.807, 2.05) is 25.2 Å². The molecule has 1 N–H and O–H groups in total. The van der Waals surface area contributed by atoms with Gasteiger partial charge in [0.25, 0.3) is 0 Å². The summed E-state index contributed by atoms with van der Waals surface area (Å²) in [7, 11) is 8.30. The van der Waals surface area contributed by atoms with E-state index in [4.69, 9.17) is 24.2 Å². The summed E-state index contributed by atoms with van der Waals surface area (Å²) >= 11 is 1.57. The number of ether oxygens (including phenoxy) is 3. The van der Waals surface area contributed by atoms with Gasteiger partial charge in [0.05, 0.1) is 65.3 Å². The summed E-state index contributed by atoms with van der Waals surface area (Å²) in [6.45, 7) is 14.4. The van der Waals surface area contributed by atoms with Crippen LogP contribution in [0.2, 0.25) is 11.1 Å². The van der Waals surface area contributed by atoms with Crippen LogP contribution in [0.25, 0.3) is 33.4 Å². The van der Waals surface area contributed by atoms with Crippen LogP contribution in [0.15, 0.2) is 35.8 Å². The number of hydrogen-bond acceptors (Lipinski definition) is 13. The molecule has 3 aromatic heterocycles. The van der Waals surface area contributed by atoms with Crippen molar-refractivity contribution in [3.63, 3.8) is 0 Å². The highest BCUT2D eigenvalue weighted by Crippen LogP contribution is 2.77. The van der Waals surface area contributed by atoms with Gasteiger partial charge in [-0.05, 0) is 89.1 Å². The number of Topliss-reactive ketones (excluding diaryl/α,β-unsaturated/α-hetero) is 1. The van der Waals surface area contributed by atoms with Gasteiger partial charge in [0.2, 0.25) is 5.91 Å². The molecule has 1 aliphatic carbocycles. The molecule has 1 saturated carbocycles. The zero-order valence-electron chi connectivity index (χ0n) is 38.5. The van der Waals surface area contributed by atoms with Gasteiger partial charge in [-0.15, -0.1) is 11.3 Å². The molecule has 6 bridgehead atoms. The highest BCUT2D eigenvalue weighted by atomic mass is 32.1. The molecular weight excluding hydrogens is 845 g/mol. The fourth-order valence-electron chi connectivity index (χ4n) is 11.2. The largest absolute Gasteiger partial charge is 0.464 e. The summed E-state index contributed by atoms with van der Waals surface area (Å²) in [6, 6.07) is 8.27. The van der Waals surface area contributed by atoms with Crippen molar-refractivity contribution < 1.29 is 28.6 Å². The number of pyridine rings is 1. The number of hydrazine groups is 1. The minimum atomic E-state index is -0.964. The van der Waals surface area contributed by atoms with Crippen LogP contribution in [-0.2, 0) is 48.0 Å². The number of anilines is 1. The number of methoxy groups -OCH3 is 1. The third-order valence-corrected chi connectivity index (χ3v) is 18.0. The normalized spacial score (nSPS) is 28.3. The molecule has 64 heavy (non-hydrogen) atoms. The van der Waals surface area contributed by atoms with Crippen molar-refractivity contribution in [2.75, 3.05) is 85.7 Å². The van der Waals surface area contributed by atoms with Gasteiger partial charge in [0.1, 0.15) is 11.6 Å². The van der Waals surface area contributed by atoms with Crippen LogP contribution in [0.1, 0.15) is 62.9 Å². The van der Waals surface area contributed by atoms with Crippen LogP contribution in [0.5, 0.6) is 0 Å². The Morgan fingerprint density at radius 3 is 2.58 bits per heavy atom. The first-order valence-corrected chi connectivity index (χ1v) is 25.1. The maximum atomic E-state index is 15.2. The number of piperazine rings is 1. The first kappa shape index (κ1) is 43.8. The van der Waals surface area contributed by atoms with Crippen LogP contribution in [-0.4, -0.2) is 149 Å². The second-order valence-corrected chi connectivity index (χ2v) is 22.7. The van der Waals surface area contributed by atoms with Gasteiger partial charge in [-0.1, -0.05) is 19.9 Å². The lowest BCUT2D eigenvalue weighted by Crippen LogP contribution is -2.71. The Hall–Kier alpha value is -4.03. The first-order valence-electron chi connectivity index (χ1n) is 23.1. The lowest BCUT2D eigenvalue weighted by Gasteiger charge is -2.55. The van der Waals surface area contributed by atoms with Gasteiger partial charge >= 0.3 is 5.97 Å². The van der Waals surface area contributed by atoms with Crippen LogP contribution >= 0.6 is 11.3 Å². The van der Waals surface area contributed by atoms with E-state index in [1.165, 1.54) is 0 Å². The Morgan fingerprint density at radius 1 is 1.09 bits per heavy atom. The number of aryl methyl sites for hydroxylation is 1. The molecule has 1 amide bonds. The van der Waals surface area contributed by atoms with Gasteiger partial charge in [0, 0.05) is 101 Å². The quantitative estimate of drug-likeness (QED) is 0.182.